The molecule has 3 amide bonds. The molecule has 0 spiro atoms. The number of rotatable bonds is 8. The minimum Gasteiger partial charge on any atom is -0.368 e. The number of amides is 3. The lowest BCUT2D eigenvalue weighted by Crippen LogP contribution is -2.58. The smallest absolute Gasteiger partial charge is 0.245 e. The van der Waals surface area contributed by atoms with Gasteiger partial charge >= 0.3 is 0 Å². The van der Waals surface area contributed by atoms with Crippen LogP contribution >= 0.6 is 11.6 Å². The van der Waals surface area contributed by atoms with Crippen molar-refractivity contribution in [1.29, 1.82) is 0 Å². The Morgan fingerprint density at radius 1 is 0.907 bits per heavy atom. The number of para-hydroxylation sites is 1. The van der Waals surface area contributed by atoms with Gasteiger partial charge in [0, 0.05) is 69.4 Å². The molecule has 3 heterocycles. The van der Waals surface area contributed by atoms with Crippen molar-refractivity contribution in [3.63, 3.8) is 0 Å². The Hall–Kier alpha value is -3.88. The topological polar surface area (TPSA) is 85.0 Å². The van der Waals surface area contributed by atoms with E-state index in [0.29, 0.717) is 63.6 Å². The number of nitrogens with zero attached hydrogens (tertiary/aromatic N) is 3. The Bertz CT molecular complexity index is 1470. The summed E-state index contributed by atoms with van der Waals surface area (Å²) in [6.45, 7) is 4.51. The van der Waals surface area contributed by atoms with Crippen LogP contribution in [0, 0.1) is 0 Å². The van der Waals surface area contributed by atoms with Crippen molar-refractivity contribution in [3.05, 3.63) is 100 Å². The van der Waals surface area contributed by atoms with Crippen LogP contribution in [-0.4, -0.2) is 72.3 Å². The number of nitrogens with one attached hydrogen (secondary N) is 2. The fourth-order valence-electron chi connectivity index (χ4n) is 6.39. The number of piperazine rings is 1. The maximum absolute atomic E-state index is 14.0. The number of fused-ring (bicyclic) bond motifs is 1. The molecule has 224 valence electrons. The highest BCUT2D eigenvalue weighted by molar-refractivity contribution is 6.30. The summed E-state index contributed by atoms with van der Waals surface area (Å²) in [6.07, 6.45) is 2.52. The summed E-state index contributed by atoms with van der Waals surface area (Å²) in [5.74, 6) is -0.0208. The van der Waals surface area contributed by atoms with Crippen LogP contribution in [0.1, 0.15) is 35.1 Å². The van der Waals surface area contributed by atoms with Crippen molar-refractivity contribution < 1.29 is 14.4 Å². The summed E-state index contributed by atoms with van der Waals surface area (Å²) >= 11 is 6.11. The van der Waals surface area contributed by atoms with Gasteiger partial charge in [0.2, 0.25) is 17.7 Å². The summed E-state index contributed by atoms with van der Waals surface area (Å²) < 4.78 is 0. The van der Waals surface area contributed by atoms with E-state index in [0.717, 1.165) is 35.3 Å². The first-order valence-electron chi connectivity index (χ1n) is 15.2. The lowest BCUT2D eigenvalue weighted by Gasteiger charge is -2.39. The molecular formula is C34H38ClN5O3. The zero-order valence-electron chi connectivity index (χ0n) is 24.3. The lowest BCUT2D eigenvalue weighted by molar-refractivity contribution is -0.137. The van der Waals surface area contributed by atoms with E-state index in [1.807, 2.05) is 58.3 Å². The van der Waals surface area contributed by atoms with Crippen molar-refractivity contribution in [1.82, 2.24) is 20.4 Å². The Morgan fingerprint density at radius 3 is 2.37 bits per heavy atom. The molecule has 3 aliphatic heterocycles. The van der Waals surface area contributed by atoms with Gasteiger partial charge in [-0.15, -0.1) is 0 Å². The molecule has 0 radical (unpaired) electrons. The third-order valence-corrected chi connectivity index (χ3v) is 9.07. The largest absolute Gasteiger partial charge is 0.368 e. The van der Waals surface area contributed by atoms with E-state index in [-0.39, 0.29) is 17.7 Å². The molecule has 0 bridgehead atoms. The van der Waals surface area contributed by atoms with Gasteiger partial charge in [-0.1, -0.05) is 66.2 Å². The van der Waals surface area contributed by atoms with Crippen molar-refractivity contribution in [2.45, 2.75) is 50.9 Å². The molecule has 3 aromatic rings. The fourth-order valence-corrected chi connectivity index (χ4v) is 6.51. The van der Waals surface area contributed by atoms with Crippen molar-refractivity contribution in [2.24, 2.45) is 0 Å². The van der Waals surface area contributed by atoms with Gasteiger partial charge in [-0.25, -0.2) is 0 Å². The van der Waals surface area contributed by atoms with E-state index in [1.54, 1.807) is 0 Å². The Morgan fingerprint density at radius 2 is 1.63 bits per heavy atom. The van der Waals surface area contributed by atoms with Gasteiger partial charge in [-0.3, -0.25) is 14.4 Å². The third-order valence-electron chi connectivity index (χ3n) is 8.82. The molecule has 2 atom stereocenters. The normalized spacial score (nSPS) is 19.2. The first kappa shape index (κ1) is 29.2. The molecular weight excluding hydrogens is 562 g/mol. The number of likely N-dealkylation sites (tertiary alicyclic amines) is 1. The number of hydrogen-bond acceptors (Lipinski definition) is 5. The molecule has 3 aliphatic rings. The molecule has 1 unspecified atom stereocenters. The second kappa shape index (κ2) is 13.2. The molecule has 2 fully saturated rings. The lowest BCUT2D eigenvalue weighted by atomic mass is 9.95. The zero-order valence-corrected chi connectivity index (χ0v) is 25.1. The molecule has 2 N–H and O–H groups in total. The van der Waals surface area contributed by atoms with Crippen LogP contribution < -0.4 is 15.5 Å². The minimum absolute atomic E-state index is 0.0740. The molecule has 0 saturated carbocycles. The first-order chi connectivity index (χ1) is 20.9. The van der Waals surface area contributed by atoms with Crippen LogP contribution in [0.5, 0.6) is 0 Å². The van der Waals surface area contributed by atoms with Crippen LogP contribution in [0.2, 0.25) is 5.02 Å². The maximum atomic E-state index is 14.0. The van der Waals surface area contributed by atoms with Gasteiger partial charge in [-0.2, -0.15) is 0 Å². The molecule has 0 aromatic heterocycles. The van der Waals surface area contributed by atoms with Gasteiger partial charge in [0.15, 0.2) is 0 Å². The summed E-state index contributed by atoms with van der Waals surface area (Å²) in [5, 5.41) is 7.07. The second-order valence-corrected chi connectivity index (χ2v) is 12.1. The Balaban J connectivity index is 1.13. The van der Waals surface area contributed by atoms with E-state index >= 15 is 0 Å². The Kier molecular flexibility index (Phi) is 8.95. The minimum atomic E-state index is -0.687. The average molecular weight is 600 g/mol. The van der Waals surface area contributed by atoms with Crippen molar-refractivity contribution >= 4 is 35.0 Å². The highest BCUT2D eigenvalue weighted by Crippen LogP contribution is 2.26. The van der Waals surface area contributed by atoms with Crippen molar-refractivity contribution in [3.8, 4) is 0 Å². The number of benzene rings is 3. The van der Waals surface area contributed by atoms with E-state index in [9.17, 15) is 14.4 Å². The highest BCUT2D eigenvalue weighted by Gasteiger charge is 2.32. The monoisotopic (exact) mass is 599 g/mol. The van der Waals surface area contributed by atoms with Gasteiger partial charge in [0.05, 0.1) is 6.04 Å². The first-order valence-corrected chi connectivity index (χ1v) is 15.6. The highest BCUT2D eigenvalue weighted by atomic mass is 35.5. The summed E-state index contributed by atoms with van der Waals surface area (Å²) in [4.78, 5) is 45.8. The standard InChI is InChI=1S/C34H38ClN5O3/c35-28-13-11-24(12-14-28)20-30(37-33(42)29-21-25-6-1-2-7-26(25)22-36-29)34(43)39-18-16-38(17-19-39)31-9-4-3-8-27(31)23-40-15-5-10-32(40)41/h1-4,6-9,11-14,29-30,36H,5,10,15-23H2,(H,37,42)/t29?,30-/m1/s1. The SMILES string of the molecule is O=C(N[C@H](Cc1ccc(Cl)cc1)C(=O)N1CCN(c2ccccc2CN2CCCC2=O)CC1)C1Cc2ccccc2CN1. The number of hydrogen-bond donors (Lipinski definition) is 2. The predicted molar refractivity (Wildman–Crippen MR) is 168 cm³/mol. The van der Waals surface area contributed by atoms with Crippen LogP contribution in [0.25, 0.3) is 0 Å². The van der Waals surface area contributed by atoms with Crippen LogP contribution in [-0.2, 0) is 40.3 Å². The molecule has 3 aromatic carbocycles. The number of halogens is 1. The second-order valence-electron chi connectivity index (χ2n) is 11.7. The summed E-state index contributed by atoms with van der Waals surface area (Å²) in [5.41, 5.74) is 5.55. The molecule has 8 nitrogen and oxygen atoms in total. The van der Waals surface area contributed by atoms with Gasteiger partial charge in [0.25, 0.3) is 0 Å². The molecule has 2 saturated heterocycles. The molecule has 43 heavy (non-hydrogen) atoms. The molecule has 9 heteroatoms. The summed E-state index contributed by atoms with van der Waals surface area (Å²) in [6, 6.07) is 22.7. The summed E-state index contributed by atoms with van der Waals surface area (Å²) in [7, 11) is 0. The molecule has 0 aliphatic carbocycles. The quantitative estimate of drug-likeness (QED) is 0.414. The van der Waals surface area contributed by atoms with Crippen LogP contribution in [0.3, 0.4) is 0 Å². The molecule has 6 rings (SSSR count). The van der Waals surface area contributed by atoms with Gasteiger partial charge in [0.1, 0.15) is 6.04 Å². The number of anilines is 1. The van der Waals surface area contributed by atoms with E-state index in [4.69, 9.17) is 11.6 Å². The van der Waals surface area contributed by atoms with Gasteiger partial charge < -0.3 is 25.3 Å². The van der Waals surface area contributed by atoms with E-state index in [2.05, 4.69) is 39.8 Å². The van der Waals surface area contributed by atoms with Crippen molar-refractivity contribution in [2.75, 3.05) is 37.6 Å². The Labute approximate surface area is 258 Å². The predicted octanol–water partition coefficient (Wildman–Crippen LogP) is 3.55. The zero-order chi connectivity index (χ0) is 29.8. The van der Waals surface area contributed by atoms with E-state index in [1.165, 1.54) is 5.56 Å². The van der Waals surface area contributed by atoms with E-state index < -0.39 is 12.1 Å². The van der Waals surface area contributed by atoms with Crippen LogP contribution in [0.4, 0.5) is 5.69 Å². The van der Waals surface area contributed by atoms with Gasteiger partial charge in [-0.05, 0) is 53.3 Å². The average Bonchev–Trinajstić information content (AvgIpc) is 3.45. The fraction of sp³-hybridized carbons (Fsp3) is 0.382. The third kappa shape index (κ3) is 6.86. The maximum Gasteiger partial charge on any atom is 0.245 e. The number of carbonyl (C=O) groups is 3. The van der Waals surface area contributed by atoms with Crippen LogP contribution in [0.15, 0.2) is 72.8 Å². The number of carbonyl (C=O) groups excluding carboxylic acids is 3.